The maximum atomic E-state index is 12.6. The van der Waals surface area contributed by atoms with Crippen LogP contribution in [-0.4, -0.2) is 26.9 Å². The molecular formula is C19H24N2O5S. The first-order valence-corrected chi connectivity index (χ1v) is 10.9. The van der Waals surface area contributed by atoms with E-state index in [2.05, 4.69) is 5.32 Å². The zero-order valence-corrected chi connectivity index (χ0v) is 15.8. The highest BCUT2D eigenvalue weighted by Crippen LogP contribution is 2.56. The van der Waals surface area contributed by atoms with Crippen molar-refractivity contribution >= 4 is 27.6 Å². The van der Waals surface area contributed by atoms with Gasteiger partial charge in [-0.25, -0.2) is 13.6 Å². The summed E-state index contributed by atoms with van der Waals surface area (Å²) in [6.45, 7) is -0.374. The number of primary sulfonamides is 1. The lowest BCUT2D eigenvalue weighted by atomic mass is 9.52. The van der Waals surface area contributed by atoms with Gasteiger partial charge in [-0.2, -0.15) is 0 Å². The highest BCUT2D eigenvalue weighted by molar-refractivity contribution is 7.89. The molecule has 0 spiro atoms. The molecular weight excluding hydrogens is 368 g/mol. The number of hydrogen-bond acceptors (Lipinski definition) is 5. The van der Waals surface area contributed by atoms with Gasteiger partial charge in [0.05, 0.1) is 10.8 Å². The van der Waals surface area contributed by atoms with Crippen LogP contribution >= 0.6 is 0 Å². The summed E-state index contributed by atoms with van der Waals surface area (Å²) in [4.78, 5) is 24.6. The Morgan fingerprint density at radius 2 is 1.70 bits per heavy atom. The second kappa shape index (κ2) is 6.91. The number of anilines is 1. The van der Waals surface area contributed by atoms with Crippen LogP contribution in [0.5, 0.6) is 0 Å². The van der Waals surface area contributed by atoms with Crippen LogP contribution in [0.4, 0.5) is 5.69 Å². The Morgan fingerprint density at radius 1 is 1.07 bits per heavy atom. The molecule has 0 aliphatic heterocycles. The van der Waals surface area contributed by atoms with Crippen molar-refractivity contribution in [2.45, 2.75) is 37.0 Å². The van der Waals surface area contributed by atoms with E-state index < -0.39 is 15.9 Å². The van der Waals surface area contributed by atoms with E-state index in [1.807, 2.05) is 0 Å². The Bertz CT molecular complexity index is 839. The predicted octanol–water partition coefficient (Wildman–Crippen LogP) is 1.89. The third kappa shape index (κ3) is 3.87. The van der Waals surface area contributed by atoms with Gasteiger partial charge in [-0.1, -0.05) is 6.07 Å². The first-order valence-electron chi connectivity index (χ1n) is 9.39. The van der Waals surface area contributed by atoms with Crippen molar-refractivity contribution in [3.63, 3.8) is 0 Å². The SMILES string of the molecule is NS(=O)(=O)c1cccc(NC(=O)COC(=O)C2C3CC4CC(C3)CC2C4)c1. The van der Waals surface area contributed by atoms with Crippen molar-refractivity contribution in [1.29, 1.82) is 0 Å². The van der Waals surface area contributed by atoms with E-state index in [-0.39, 0.29) is 29.1 Å². The number of carbonyl (C=O) groups is 2. The third-order valence-corrected chi connectivity index (χ3v) is 7.20. The largest absolute Gasteiger partial charge is 0.455 e. The summed E-state index contributed by atoms with van der Waals surface area (Å²) in [5.41, 5.74) is 0.289. The molecule has 5 rings (SSSR count). The number of esters is 1. The number of amides is 1. The number of hydrogen-bond donors (Lipinski definition) is 2. The molecule has 4 aliphatic carbocycles. The number of ether oxygens (including phenoxy) is 1. The van der Waals surface area contributed by atoms with Crippen LogP contribution < -0.4 is 10.5 Å². The van der Waals surface area contributed by atoms with E-state index in [0.29, 0.717) is 11.8 Å². The van der Waals surface area contributed by atoms with Crippen LogP contribution in [0, 0.1) is 29.6 Å². The average Bonchev–Trinajstić information content (AvgIpc) is 2.58. The Labute approximate surface area is 158 Å². The molecule has 7 nitrogen and oxygen atoms in total. The number of benzene rings is 1. The zero-order chi connectivity index (χ0) is 19.2. The van der Waals surface area contributed by atoms with Gasteiger partial charge in [0.15, 0.2) is 6.61 Å². The van der Waals surface area contributed by atoms with Crippen molar-refractivity contribution in [2.24, 2.45) is 34.7 Å². The minimum absolute atomic E-state index is 0.0729. The van der Waals surface area contributed by atoms with Crippen molar-refractivity contribution in [2.75, 3.05) is 11.9 Å². The van der Waals surface area contributed by atoms with Crippen LogP contribution in [0.3, 0.4) is 0 Å². The topological polar surface area (TPSA) is 116 Å². The Morgan fingerprint density at radius 3 is 2.30 bits per heavy atom. The highest BCUT2D eigenvalue weighted by Gasteiger charge is 2.51. The lowest BCUT2D eigenvalue weighted by Gasteiger charge is -2.53. The maximum Gasteiger partial charge on any atom is 0.310 e. The molecule has 0 saturated heterocycles. The van der Waals surface area contributed by atoms with Gasteiger partial charge >= 0.3 is 5.97 Å². The predicted molar refractivity (Wildman–Crippen MR) is 97.9 cm³/mol. The molecule has 0 aromatic heterocycles. The van der Waals surface area contributed by atoms with Gasteiger partial charge in [0, 0.05) is 5.69 Å². The van der Waals surface area contributed by atoms with E-state index >= 15 is 0 Å². The van der Waals surface area contributed by atoms with Gasteiger partial charge in [0.1, 0.15) is 0 Å². The Hall–Kier alpha value is -1.93. The fourth-order valence-electron chi connectivity index (χ4n) is 5.49. The van der Waals surface area contributed by atoms with E-state index in [9.17, 15) is 18.0 Å². The number of sulfonamides is 1. The molecule has 0 heterocycles. The Kier molecular flexibility index (Phi) is 4.71. The van der Waals surface area contributed by atoms with E-state index in [0.717, 1.165) is 37.5 Å². The standard InChI is InChI=1S/C19H24N2O5S/c20-27(24,25)16-3-1-2-15(9-16)21-17(22)10-26-19(23)18-13-5-11-4-12(7-13)8-14(18)6-11/h1-3,9,11-14,18H,4-8,10H2,(H,21,22)(H2,20,24,25). The molecule has 0 atom stereocenters. The van der Waals surface area contributed by atoms with Gasteiger partial charge in [-0.3, -0.25) is 9.59 Å². The second-order valence-corrected chi connectivity index (χ2v) is 9.75. The first kappa shape index (κ1) is 18.4. The molecule has 4 bridgehead atoms. The summed E-state index contributed by atoms with van der Waals surface area (Å²) in [6.07, 6.45) is 5.76. The monoisotopic (exact) mass is 392 g/mol. The zero-order valence-electron chi connectivity index (χ0n) is 15.0. The number of rotatable bonds is 5. The van der Waals surface area contributed by atoms with Crippen molar-refractivity contribution in [3.05, 3.63) is 24.3 Å². The van der Waals surface area contributed by atoms with Crippen LogP contribution in [0.1, 0.15) is 32.1 Å². The smallest absolute Gasteiger partial charge is 0.310 e. The Balaban J connectivity index is 1.33. The molecule has 146 valence electrons. The van der Waals surface area contributed by atoms with Crippen molar-refractivity contribution < 1.29 is 22.7 Å². The highest BCUT2D eigenvalue weighted by atomic mass is 32.2. The molecule has 3 N–H and O–H groups in total. The molecule has 4 saturated carbocycles. The normalized spacial score (nSPS) is 31.5. The van der Waals surface area contributed by atoms with E-state index in [4.69, 9.17) is 9.88 Å². The minimum Gasteiger partial charge on any atom is -0.455 e. The molecule has 1 amide bonds. The second-order valence-electron chi connectivity index (χ2n) is 8.19. The number of nitrogens with two attached hydrogens (primary N) is 1. The summed E-state index contributed by atoms with van der Waals surface area (Å²) >= 11 is 0. The van der Waals surface area contributed by atoms with Gasteiger partial charge in [0.2, 0.25) is 10.0 Å². The lowest BCUT2D eigenvalue weighted by Crippen LogP contribution is -2.48. The molecule has 0 unspecified atom stereocenters. The molecule has 4 aliphatic rings. The molecule has 8 heteroatoms. The fourth-order valence-corrected chi connectivity index (χ4v) is 6.05. The van der Waals surface area contributed by atoms with Gasteiger partial charge in [-0.15, -0.1) is 0 Å². The van der Waals surface area contributed by atoms with E-state index in [1.54, 1.807) is 6.07 Å². The maximum absolute atomic E-state index is 12.6. The molecule has 0 radical (unpaired) electrons. The van der Waals surface area contributed by atoms with Gasteiger partial charge < -0.3 is 10.1 Å². The number of nitrogens with one attached hydrogen (secondary N) is 1. The summed E-state index contributed by atoms with van der Waals surface area (Å²) in [5, 5.41) is 7.63. The first-order chi connectivity index (χ1) is 12.8. The summed E-state index contributed by atoms with van der Waals surface area (Å²) in [7, 11) is -3.85. The molecule has 27 heavy (non-hydrogen) atoms. The average molecular weight is 392 g/mol. The van der Waals surface area contributed by atoms with Crippen molar-refractivity contribution in [1.82, 2.24) is 0 Å². The summed E-state index contributed by atoms with van der Waals surface area (Å²) < 4.78 is 28.1. The number of carbonyl (C=O) groups excluding carboxylic acids is 2. The van der Waals surface area contributed by atoms with Gasteiger partial charge in [-0.05, 0) is 74.0 Å². The van der Waals surface area contributed by atoms with Crippen molar-refractivity contribution in [3.8, 4) is 0 Å². The van der Waals surface area contributed by atoms with Crippen LogP contribution in [-0.2, 0) is 24.3 Å². The minimum atomic E-state index is -3.85. The van der Waals surface area contributed by atoms with Crippen LogP contribution in [0.25, 0.3) is 0 Å². The van der Waals surface area contributed by atoms with Gasteiger partial charge in [0.25, 0.3) is 5.91 Å². The summed E-state index contributed by atoms with van der Waals surface area (Å²) in [6, 6.07) is 5.65. The quantitative estimate of drug-likeness (QED) is 0.743. The van der Waals surface area contributed by atoms with Crippen LogP contribution in [0.15, 0.2) is 29.2 Å². The lowest BCUT2D eigenvalue weighted by molar-refractivity contribution is -0.164. The molecule has 1 aromatic carbocycles. The third-order valence-electron chi connectivity index (χ3n) is 6.29. The fraction of sp³-hybridized carbons (Fsp3) is 0.579. The van der Waals surface area contributed by atoms with E-state index in [1.165, 1.54) is 24.6 Å². The molecule has 1 aromatic rings. The summed E-state index contributed by atoms with van der Waals surface area (Å²) in [5.74, 6) is 1.51. The molecule has 4 fully saturated rings. The van der Waals surface area contributed by atoms with Crippen LogP contribution in [0.2, 0.25) is 0 Å².